The zero-order valence-electron chi connectivity index (χ0n) is 17.4. The first-order valence-corrected chi connectivity index (χ1v) is 9.58. The summed E-state index contributed by atoms with van der Waals surface area (Å²) in [6.45, 7) is 6.95. The number of anilines is 1. The van der Waals surface area contributed by atoms with Crippen LogP contribution in [-0.2, 0) is 4.74 Å². The van der Waals surface area contributed by atoms with E-state index in [2.05, 4.69) is 10.5 Å². The highest BCUT2D eigenvalue weighted by molar-refractivity contribution is 6.45. The first-order chi connectivity index (χ1) is 14.1. The highest BCUT2D eigenvalue weighted by atomic mass is 19.1. The summed E-state index contributed by atoms with van der Waals surface area (Å²) >= 11 is 0. The fourth-order valence-electron chi connectivity index (χ4n) is 2.81. The second-order valence-electron chi connectivity index (χ2n) is 7.93. The van der Waals surface area contributed by atoms with E-state index in [0.717, 1.165) is 12.8 Å². The molecule has 1 aliphatic heterocycles. The maximum atomic E-state index is 14.2. The molecule has 1 amide bonds. The Kier molecular flexibility index (Phi) is 7.58. The molecule has 1 aromatic carbocycles. The molecule has 0 unspecified atom stereocenters. The normalized spacial score (nSPS) is 15.3. The minimum atomic E-state index is -0.614. The van der Waals surface area contributed by atoms with Gasteiger partial charge in [0.05, 0.1) is 6.61 Å². The van der Waals surface area contributed by atoms with Crippen molar-refractivity contribution < 1.29 is 18.7 Å². The van der Waals surface area contributed by atoms with E-state index in [4.69, 9.17) is 25.9 Å². The summed E-state index contributed by atoms with van der Waals surface area (Å²) in [5, 5.41) is 19.8. The predicted octanol–water partition coefficient (Wildman–Crippen LogP) is 3.08. The fourth-order valence-corrected chi connectivity index (χ4v) is 2.81. The summed E-state index contributed by atoms with van der Waals surface area (Å²) in [5.74, 6) is -0.721. The second-order valence-corrected chi connectivity index (χ2v) is 7.93. The van der Waals surface area contributed by atoms with Crippen LogP contribution in [0.4, 0.5) is 14.9 Å². The molecule has 0 bridgehead atoms. The molecule has 1 aliphatic rings. The Balaban J connectivity index is 1.95. The number of nitrogens with zero attached hydrogens (tertiary/aromatic N) is 3. The lowest BCUT2D eigenvalue weighted by Gasteiger charge is -2.33. The van der Waals surface area contributed by atoms with Crippen LogP contribution in [0, 0.1) is 28.5 Å². The van der Waals surface area contributed by atoms with Crippen molar-refractivity contribution in [2.45, 2.75) is 39.2 Å². The van der Waals surface area contributed by atoms with E-state index in [0.29, 0.717) is 19.7 Å². The van der Waals surface area contributed by atoms with E-state index in [-0.39, 0.29) is 29.2 Å². The number of carbonyl (C=O) groups is 1. The molecule has 162 valence electrons. The van der Waals surface area contributed by atoms with Crippen molar-refractivity contribution in [3.05, 3.63) is 24.0 Å². The van der Waals surface area contributed by atoms with E-state index < -0.39 is 17.3 Å². The number of carbonyl (C=O) groups excluding carboxylic acids is 1. The van der Waals surface area contributed by atoms with Crippen molar-refractivity contribution in [2.75, 3.05) is 25.1 Å². The number of hydrogen-bond acceptors (Lipinski definition) is 7. The Hall–Kier alpha value is -3.35. The van der Waals surface area contributed by atoms with Gasteiger partial charge in [-0.15, -0.1) is 0 Å². The fraction of sp³-hybridized carbons (Fsp3) is 0.500. The van der Waals surface area contributed by atoms with Gasteiger partial charge in [-0.1, -0.05) is 6.07 Å². The molecule has 4 N–H and O–H groups in total. The number of hydrazone groups is 1. The topological polar surface area (TPSA) is 137 Å². The van der Waals surface area contributed by atoms with Crippen molar-refractivity contribution in [1.29, 1.82) is 10.7 Å². The largest absolute Gasteiger partial charge is 0.491 e. The molecule has 9 nitrogen and oxygen atoms in total. The molecule has 1 fully saturated rings. The third-order valence-electron chi connectivity index (χ3n) is 4.36. The van der Waals surface area contributed by atoms with Gasteiger partial charge in [-0.05, 0) is 51.7 Å². The Morgan fingerprint density at radius 1 is 1.43 bits per heavy atom. The summed E-state index contributed by atoms with van der Waals surface area (Å²) in [6.07, 6.45) is 1.15. The van der Waals surface area contributed by atoms with Gasteiger partial charge in [-0.25, -0.2) is 9.18 Å². The standard InChI is InChI=1S/C20H27FN6O3/c1-20(2,3)30-19(28)27-9-7-13(8-10-27)12-29-16-6-4-5-14(21)17(16)26-25-15(11-22)18(23)24/h4-6,13,26H,7-10,12H2,1-3H3,(H3,23,24)/b25-15+. The summed E-state index contributed by atoms with van der Waals surface area (Å²) in [6, 6.07) is 5.96. The van der Waals surface area contributed by atoms with Crippen LogP contribution in [0.1, 0.15) is 33.6 Å². The van der Waals surface area contributed by atoms with Crippen molar-refractivity contribution in [1.82, 2.24) is 4.90 Å². The Morgan fingerprint density at radius 2 is 2.10 bits per heavy atom. The summed E-state index contributed by atoms with van der Waals surface area (Å²) < 4.78 is 25.4. The van der Waals surface area contributed by atoms with Crippen LogP contribution < -0.4 is 15.9 Å². The number of nitrogens with two attached hydrogens (primary N) is 1. The Bertz CT molecular complexity index is 851. The lowest BCUT2D eigenvalue weighted by Crippen LogP contribution is -2.42. The number of ether oxygens (including phenoxy) is 2. The van der Waals surface area contributed by atoms with E-state index in [1.807, 2.05) is 20.8 Å². The van der Waals surface area contributed by atoms with Crippen molar-refractivity contribution in [3.8, 4) is 11.8 Å². The Morgan fingerprint density at radius 3 is 2.67 bits per heavy atom. The molecule has 2 rings (SSSR count). The lowest BCUT2D eigenvalue weighted by atomic mass is 9.98. The minimum absolute atomic E-state index is 0.0438. The second kappa shape index (κ2) is 9.91. The van der Waals surface area contributed by atoms with Gasteiger partial charge in [0, 0.05) is 13.1 Å². The average Bonchev–Trinajstić information content (AvgIpc) is 2.67. The van der Waals surface area contributed by atoms with Gasteiger partial charge in [0.1, 0.15) is 23.1 Å². The molecule has 0 radical (unpaired) electrons. The zero-order valence-corrected chi connectivity index (χ0v) is 17.4. The number of halogens is 1. The van der Waals surface area contributed by atoms with Crippen LogP contribution >= 0.6 is 0 Å². The van der Waals surface area contributed by atoms with Crippen molar-refractivity contribution in [3.63, 3.8) is 0 Å². The Labute approximate surface area is 175 Å². The number of amides is 1. The molecule has 0 atom stereocenters. The quantitative estimate of drug-likeness (QED) is 0.369. The van der Waals surface area contributed by atoms with Crippen LogP contribution in [-0.4, -0.2) is 47.8 Å². The highest BCUT2D eigenvalue weighted by Gasteiger charge is 2.27. The van der Waals surface area contributed by atoms with E-state index in [1.165, 1.54) is 12.1 Å². The van der Waals surface area contributed by atoms with Gasteiger partial charge < -0.3 is 20.1 Å². The number of rotatable bonds is 6. The number of nitriles is 1. The third-order valence-corrected chi connectivity index (χ3v) is 4.36. The van der Waals surface area contributed by atoms with Gasteiger partial charge in [-0.2, -0.15) is 10.4 Å². The number of hydrogen-bond donors (Lipinski definition) is 3. The van der Waals surface area contributed by atoms with Crippen LogP contribution in [0.25, 0.3) is 0 Å². The number of likely N-dealkylation sites (tertiary alicyclic amines) is 1. The van der Waals surface area contributed by atoms with E-state index in [9.17, 15) is 9.18 Å². The SMILES string of the molecule is CC(C)(C)OC(=O)N1CCC(COc2cccc(F)c2N/N=C(\C#N)C(=N)N)CC1. The lowest BCUT2D eigenvalue weighted by molar-refractivity contribution is 0.0165. The van der Waals surface area contributed by atoms with Gasteiger partial charge in [-0.3, -0.25) is 10.8 Å². The third kappa shape index (κ3) is 6.62. The van der Waals surface area contributed by atoms with Crippen molar-refractivity contribution >= 4 is 23.3 Å². The summed E-state index contributed by atoms with van der Waals surface area (Å²) in [4.78, 5) is 13.8. The average molecular weight is 418 g/mol. The van der Waals surface area contributed by atoms with Crippen molar-refractivity contribution in [2.24, 2.45) is 16.8 Å². The van der Waals surface area contributed by atoms with Crippen LogP contribution in [0.3, 0.4) is 0 Å². The molecule has 1 aromatic rings. The molecule has 0 aromatic heterocycles. The van der Waals surface area contributed by atoms with Gasteiger partial charge >= 0.3 is 6.09 Å². The molecule has 0 saturated carbocycles. The minimum Gasteiger partial charge on any atom is -0.491 e. The molecular formula is C20H27FN6O3. The highest BCUT2D eigenvalue weighted by Crippen LogP contribution is 2.29. The number of amidine groups is 1. The maximum absolute atomic E-state index is 14.2. The van der Waals surface area contributed by atoms with Gasteiger partial charge in [0.25, 0.3) is 0 Å². The van der Waals surface area contributed by atoms with E-state index >= 15 is 0 Å². The first kappa shape index (κ1) is 22.9. The maximum Gasteiger partial charge on any atom is 0.410 e. The van der Waals surface area contributed by atoms with E-state index in [1.54, 1.807) is 17.0 Å². The van der Waals surface area contributed by atoms with Crippen LogP contribution in [0.5, 0.6) is 5.75 Å². The van der Waals surface area contributed by atoms with Gasteiger partial charge in [0.2, 0.25) is 5.71 Å². The smallest absolute Gasteiger partial charge is 0.410 e. The first-order valence-electron chi connectivity index (χ1n) is 9.58. The summed E-state index contributed by atoms with van der Waals surface area (Å²) in [5.41, 5.74) is 6.72. The number of piperidine rings is 1. The predicted molar refractivity (Wildman–Crippen MR) is 111 cm³/mol. The molecule has 1 saturated heterocycles. The molecule has 30 heavy (non-hydrogen) atoms. The molecular weight excluding hydrogens is 391 g/mol. The molecule has 0 aliphatic carbocycles. The zero-order chi connectivity index (χ0) is 22.3. The monoisotopic (exact) mass is 418 g/mol. The molecule has 1 heterocycles. The molecule has 10 heteroatoms. The number of para-hydroxylation sites is 1. The van der Waals surface area contributed by atoms with Crippen LogP contribution in [0.2, 0.25) is 0 Å². The molecule has 0 spiro atoms. The summed E-state index contributed by atoms with van der Waals surface area (Å²) in [7, 11) is 0. The van der Waals surface area contributed by atoms with Gasteiger partial charge in [0.15, 0.2) is 11.7 Å². The number of nitrogens with one attached hydrogen (secondary N) is 2. The number of benzene rings is 1. The van der Waals surface area contributed by atoms with Crippen LogP contribution in [0.15, 0.2) is 23.3 Å².